The van der Waals surface area contributed by atoms with Crippen molar-refractivity contribution < 1.29 is 0 Å². The number of rotatable bonds is 5. The van der Waals surface area contributed by atoms with Crippen LogP contribution in [0.4, 0.5) is 0 Å². The zero-order chi connectivity index (χ0) is 15.7. The lowest BCUT2D eigenvalue weighted by atomic mass is 9.79. The Balaban J connectivity index is 2.29. The summed E-state index contributed by atoms with van der Waals surface area (Å²) < 4.78 is 0. The van der Waals surface area contributed by atoms with Crippen LogP contribution in [-0.4, -0.2) is 12.6 Å². The normalized spacial score (nSPS) is 20.5. The molecule has 0 saturated carbocycles. The maximum atomic E-state index is 6.67. The Bertz CT molecular complexity index is 677. The largest absolute Gasteiger partial charge is 0.326 e. The van der Waals surface area contributed by atoms with Gasteiger partial charge in [0, 0.05) is 6.04 Å². The van der Waals surface area contributed by atoms with Crippen molar-refractivity contribution in [2.24, 2.45) is 5.73 Å². The van der Waals surface area contributed by atoms with Crippen molar-refractivity contribution in [3.63, 3.8) is 0 Å². The average molecular weight is 294 g/mol. The Morgan fingerprint density at radius 2 is 1.77 bits per heavy atom. The number of nitrogens with one attached hydrogen (secondary N) is 1. The summed E-state index contributed by atoms with van der Waals surface area (Å²) in [5.41, 5.74) is 13.0. The third kappa shape index (κ3) is 2.10. The van der Waals surface area contributed by atoms with Gasteiger partial charge in [0.25, 0.3) is 0 Å². The smallest absolute Gasteiger partial charge is 0.0856 e. The SMILES string of the molecule is CCCNC1(C(N)CC)c2ccccc2-c2ccc(C)cc21. The van der Waals surface area contributed by atoms with Gasteiger partial charge in [-0.05, 0) is 48.6 Å². The Kier molecular flexibility index (Phi) is 4.07. The number of aryl methyl sites for hydroxylation is 1. The van der Waals surface area contributed by atoms with Crippen molar-refractivity contribution >= 4 is 0 Å². The van der Waals surface area contributed by atoms with Crippen LogP contribution >= 0.6 is 0 Å². The number of benzene rings is 2. The van der Waals surface area contributed by atoms with Crippen LogP contribution in [0.2, 0.25) is 0 Å². The van der Waals surface area contributed by atoms with Gasteiger partial charge in [0.1, 0.15) is 0 Å². The lowest BCUT2D eigenvalue weighted by molar-refractivity contribution is 0.327. The van der Waals surface area contributed by atoms with Crippen LogP contribution < -0.4 is 11.1 Å². The molecule has 22 heavy (non-hydrogen) atoms. The predicted octanol–water partition coefficient (Wildman–Crippen LogP) is 3.96. The van der Waals surface area contributed by atoms with Crippen LogP contribution in [-0.2, 0) is 5.54 Å². The van der Waals surface area contributed by atoms with E-state index in [2.05, 4.69) is 68.6 Å². The third-order valence-corrected chi connectivity index (χ3v) is 4.89. The van der Waals surface area contributed by atoms with E-state index in [0.29, 0.717) is 0 Å². The first-order valence-electron chi connectivity index (χ1n) is 8.36. The van der Waals surface area contributed by atoms with Crippen LogP contribution in [0.15, 0.2) is 42.5 Å². The molecule has 3 rings (SSSR count). The minimum atomic E-state index is -0.261. The van der Waals surface area contributed by atoms with Gasteiger partial charge in [0.2, 0.25) is 0 Å². The molecule has 0 heterocycles. The lowest BCUT2D eigenvalue weighted by Crippen LogP contribution is -2.55. The number of fused-ring (bicyclic) bond motifs is 3. The van der Waals surface area contributed by atoms with Gasteiger partial charge in [-0.1, -0.05) is 61.9 Å². The number of nitrogens with two attached hydrogens (primary N) is 1. The van der Waals surface area contributed by atoms with Gasteiger partial charge in [-0.25, -0.2) is 0 Å². The van der Waals surface area contributed by atoms with Gasteiger partial charge in [-0.15, -0.1) is 0 Å². The minimum absolute atomic E-state index is 0.0586. The summed E-state index contributed by atoms with van der Waals surface area (Å²) in [5.74, 6) is 0. The molecular weight excluding hydrogens is 268 g/mol. The second kappa shape index (κ2) is 5.86. The van der Waals surface area contributed by atoms with Crippen molar-refractivity contribution in [3.8, 4) is 11.1 Å². The van der Waals surface area contributed by atoms with E-state index in [1.165, 1.54) is 27.8 Å². The summed E-state index contributed by atoms with van der Waals surface area (Å²) >= 11 is 0. The molecule has 0 aliphatic heterocycles. The van der Waals surface area contributed by atoms with E-state index in [-0.39, 0.29) is 11.6 Å². The van der Waals surface area contributed by atoms with Gasteiger partial charge in [-0.2, -0.15) is 0 Å². The maximum absolute atomic E-state index is 6.67. The van der Waals surface area contributed by atoms with E-state index in [0.717, 1.165) is 19.4 Å². The molecule has 2 nitrogen and oxygen atoms in total. The quantitative estimate of drug-likeness (QED) is 0.876. The fourth-order valence-electron chi connectivity index (χ4n) is 3.78. The number of hydrogen-bond acceptors (Lipinski definition) is 2. The fraction of sp³-hybridized carbons (Fsp3) is 0.400. The van der Waals surface area contributed by atoms with Gasteiger partial charge in [0.05, 0.1) is 5.54 Å². The molecule has 0 aromatic heterocycles. The van der Waals surface area contributed by atoms with Gasteiger partial charge in [0.15, 0.2) is 0 Å². The zero-order valence-corrected chi connectivity index (χ0v) is 13.8. The minimum Gasteiger partial charge on any atom is -0.326 e. The zero-order valence-electron chi connectivity index (χ0n) is 13.8. The van der Waals surface area contributed by atoms with Crippen molar-refractivity contribution in [2.45, 2.75) is 45.2 Å². The topological polar surface area (TPSA) is 38.0 Å². The Morgan fingerprint density at radius 1 is 1.05 bits per heavy atom. The third-order valence-electron chi connectivity index (χ3n) is 4.89. The van der Waals surface area contributed by atoms with Crippen LogP contribution in [0.5, 0.6) is 0 Å². The van der Waals surface area contributed by atoms with E-state index in [9.17, 15) is 0 Å². The molecule has 2 heteroatoms. The molecular formula is C20H26N2. The molecule has 0 spiro atoms. The monoisotopic (exact) mass is 294 g/mol. The Labute approximate surface area is 133 Å². The second-order valence-corrected chi connectivity index (χ2v) is 6.34. The first kappa shape index (κ1) is 15.3. The van der Waals surface area contributed by atoms with Gasteiger partial charge < -0.3 is 11.1 Å². The fourth-order valence-corrected chi connectivity index (χ4v) is 3.78. The van der Waals surface area contributed by atoms with E-state index >= 15 is 0 Å². The Hall–Kier alpha value is -1.64. The maximum Gasteiger partial charge on any atom is 0.0856 e. The summed E-state index contributed by atoms with van der Waals surface area (Å²) in [6.07, 6.45) is 2.04. The first-order valence-corrected chi connectivity index (χ1v) is 8.36. The molecule has 0 fully saturated rings. The lowest BCUT2D eigenvalue weighted by Gasteiger charge is -2.38. The van der Waals surface area contributed by atoms with Gasteiger partial charge in [-0.3, -0.25) is 0 Å². The molecule has 3 N–H and O–H groups in total. The molecule has 2 unspecified atom stereocenters. The molecule has 2 atom stereocenters. The molecule has 116 valence electrons. The van der Waals surface area contributed by atoms with Crippen molar-refractivity contribution in [1.82, 2.24) is 5.32 Å². The highest BCUT2D eigenvalue weighted by Gasteiger charge is 2.46. The molecule has 2 aromatic carbocycles. The standard InChI is InChI=1S/C20H26N2/c1-4-12-22-20(19(21)5-2)17-9-7-6-8-15(17)16-11-10-14(3)13-18(16)20/h6-11,13,19,22H,4-5,12,21H2,1-3H3. The summed E-state index contributed by atoms with van der Waals surface area (Å²) in [4.78, 5) is 0. The summed E-state index contributed by atoms with van der Waals surface area (Å²) in [5, 5.41) is 3.81. The molecule has 0 saturated heterocycles. The molecule has 1 aliphatic carbocycles. The molecule has 2 aromatic rings. The highest BCUT2D eigenvalue weighted by Crippen LogP contribution is 2.49. The van der Waals surface area contributed by atoms with Crippen LogP contribution in [0.25, 0.3) is 11.1 Å². The molecule has 0 amide bonds. The molecule has 0 radical (unpaired) electrons. The summed E-state index contributed by atoms with van der Waals surface area (Å²) in [7, 11) is 0. The first-order chi connectivity index (χ1) is 10.6. The van der Waals surface area contributed by atoms with E-state index in [1.807, 2.05) is 0 Å². The molecule has 1 aliphatic rings. The van der Waals surface area contributed by atoms with Crippen LogP contribution in [0, 0.1) is 6.92 Å². The van der Waals surface area contributed by atoms with Crippen LogP contribution in [0.3, 0.4) is 0 Å². The van der Waals surface area contributed by atoms with E-state index in [1.54, 1.807) is 0 Å². The highest BCUT2D eigenvalue weighted by molar-refractivity contribution is 5.81. The van der Waals surface area contributed by atoms with Crippen molar-refractivity contribution in [3.05, 3.63) is 59.2 Å². The predicted molar refractivity (Wildman–Crippen MR) is 94.0 cm³/mol. The van der Waals surface area contributed by atoms with Crippen molar-refractivity contribution in [2.75, 3.05) is 6.54 Å². The Morgan fingerprint density at radius 3 is 2.50 bits per heavy atom. The highest BCUT2D eigenvalue weighted by atomic mass is 15.0. The van der Waals surface area contributed by atoms with Crippen molar-refractivity contribution in [1.29, 1.82) is 0 Å². The van der Waals surface area contributed by atoms with Crippen LogP contribution in [0.1, 0.15) is 43.4 Å². The second-order valence-electron chi connectivity index (χ2n) is 6.34. The summed E-state index contributed by atoms with van der Waals surface area (Å²) in [6.45, 7) is 7.51. The number of hydrogen-bond donors (Lipinski definition) is 2. The van der Waals surface area contributed by atoms with Gasteiger partial charge >= 0.3 is 0 Å². The van der Waals surface area contributed by atoms with E-state index in [4.69, 9.17) is 5.73 Å². The average Bonchev–Trinajstić information content (AvgIpc) is 2.82. The molecule has 0 bridgehead atoms. The van der Waals surface area contributed by atoms with E-state index < -0.39 is 0 Å². The summed E-state index contributed by atoms with van der Waals surface area (Å²) in [6, 6.07) is 15.5.